The molecule has 0 unspecified atom stereocenters. The van der Waals surface area contributed by atoms with Crippen LogP contribution in [0.4, 0.5) is 0 Å². The molecule has 2 heterocycles. The third kappa shape index (κ3) is 2.02. The molecule has 2 rings (SSSR count). The Morgan fingerprint density at radius 3 is 2.72 bits per heavy atom. The minimum atomic E-state index is -0.0952. The van der Waals surface area contributed by atoms with E-state index >= 15 is 0 Å². The van der Waals surface area contributed by atoms with E-state index < -0.39 is 0 Å². The second kappa shape index (κ2) is 4.83. The predicted octanol–water partition coefficient (Wildman–Crippen LogP) is 1.36. The molecular formula is C13H14N4O. The van der Waals surface area contributed by atoms with Crippen LogP contribution in [0.25, 0.3) is 5.70 Å². The summed E-state index contributed by atoms with van der Waals surface area (Å²) >= 11 is 0. The van der Waals surface area contributed by atoms with E-state index in [0.717, 1.165) is 17.1 Å². The molecule has 0 aromatic carbocycles. The molecule has 18 heavy (non-hydrogen) atoms. The van der Waals surface area contributed by atoms with Gasteiger partial charge in [0.25, 0.3) is 0 Å². The molecule has 0 radical (unpaired) electrons. The summed E-state index contributed by atoms with van der Waals surface area (Å²) in [6.07, 6.45) is 7.01. The number of nitrogens with one attached hydrogen (secondary N) is 1. The van der Waals surface area contributed by atoms with Crippen molar-refractivity contribution in [1.82, 2.24) is 20.3 Å². The van der Waals surface area contributed by atoms with Gasteiger partial charge in [0.1, 0.15) is 0 Å². The van der Waals surface area contributed by atoms with Crippen molar-refractivity contribution in [2.45, 2.75) is 13.3 Å². The van der Waals surface area contributed by atoms with Crippen LogP contribution in [0.3, 0.4) is 0 Å². The Morgan fingerprint density at radius 1 is 1.33 bits per heavy atom. The molecule has 1 amide bonds. The fourth-order valence-corrected chi connectivity index (χ4v) is 1.81. The second-order valence-corrected chi connectivity index (χ2v) is 3.86. The molecule has 92 valence electrons. The fraction of sp³-hybridized carbons (Fsp3) is 0.154. The van der Waals surface area contributed by atoms with Crippen LogP contribution >= 0.6 is 0 Å². The molecule has 1 aliphatic heterocycles. The van der Waals surface area contributed by atoms with Gasteiger partial charge >= 0.3 is 0 Å². The highest BCUT2D eigenvalue weighted by molar-refractivity contribution is 5.86. The number of carbonyl (C=O) groups excluding carboxylic acids is 1. The topological polar surface area (TPSA) is 59.8 Å². The van der Waals surface area contributed by atoms with Gasteiger partial charge in [-0.2, -0.15) is 0 Å². The molecule has 1 N–H and O–H groups in total. The van der Waals surface area contributed by atoms with Crippen molar-refractivity contribution in [3.05, 3.63) is 54.5 Å². The first-order valence-electron chi connectivity index (χ1n) is 5.54. The predicted molar refractivity (Wildman–Crippen MR) is 69.4 cm³/mol. The number of fused-ring (bicyclic) bond motifs is 1. The van der Waals surface area contributed by atoms with Gasteiger partial charge in [-0.3, -0.25) is 4.79 Å². The number of aryl methyl sites for hydroxylation is 1. The molecule has 5 nitrogen and oxygen atoms in total. The van der Waals surface area contributed by atoms with Gasteiger partial charge in [0.15, 0.2) is 0 Å². The summed E-state index contributed by atoms with van der Waals surface area (Å²) in [5, 5.41) is 10.9. The molecule has 1 aromatic rings. The number of nitrogens with zero attached hydrogens (tertiary/aromatic N) is 3. The van der Waals surface area contributed by atoms with Gasteiger partial charge in [0.05, 0.1) is 29.2 Å². The maximum absolute atomic E-state index is 11.8. The van der Waals surface area contributed by atoms with E-state index in [1.165, 1.54) is 0 Å². The molecule has 1 aliphatic rings. The van der Waals surface area contributed by atoms with Crippen LogP contribution in [0.15, 0.2) is 43.2 Å². The average molecular weight is 242 g/mol. The highest BCUT2D eigenvalue weighted by atomic mass is 16.1. The largest absolute Gasteiger partial charge is 0.324 e. The van der Waals surface area contributed by atoms with Gasteiger partial charge in [-0.15, -0.1) is 5.10 Å². The van der Waals surface area contributed by atoms with Gasteiger partial charge in [-0.05, 0) is 19.1 Å². The molecule has 0 aliphatic carbocycles. The monoisotopic (exact) mass is 242 g/mol. The Labute approximate surface area is 105 Å². The Kier molecular flexibility index (Phi) is 3.23. The highest BCUT2D eigenvalue weighted by Gasteiger charge is 2.23. The van der Waals surface area contributed by atoms with Crippen molar-refractivity contribution in [3.8, 4) is 0 Å². The van der Waals surface area contributed by atoms with Crippen molar-refractivity contribution in [1.29, 1.82) is 0 Å². The second-order valence-electron chi connectivity index (χ2n) is 3.86. The minimum Gasteiger partial charge on any atom is -0.324 e. The number of hydrogen-bond acceptors (Lipinski definition) is 3. The van der Waals surface area contributed by atoms with E-state index in [-0.39, 0.29) is 12.3 Å². The minimum absolute atomic E-state index is 0.0952. The molecule has 0 saturated carbocycles. The SMILES string of the molecule is C=C/C=C1/NC(=O)Cc2c(C)nnn2/C1=C/C=C. The number of allylic oxidation sites excluding steroid dienone is 5. The molecule has 0 atom stereocenters. The molecule has 5 heteroatoms. The lowest BCUT2D eigenvalue weighted by molar-refractivity contribution is -0.119. The Morgan fingerprint density at radius 2 is 2.06 bits per heavy atom. The number of carbonyl (C=O) groups is 1. The van der Waals surface area contributed by atoms with Crippen LogP contribution in [-0.2, 0) is 11.2 Å². The quantitative estimate of drug-likeness (QED) is 0.851. The van der Waals surface area contributed by atoms with Crippen LogP contribution in [-0.4, -0.2) is 20.9 Å². The van der Waals surface area contributed by atoms with Gasteiger partial charge in [-0.1, -0.05) is 30.5 Å². The van der Waals surface area contributed by atoms with Crippen LogP contribution in [0.2, 0.25) is 0 Å². The number of amides is 1. The first-order chi connectivity index (χ1) is 8.67. The zero-order valence-corrected chi connectivity index (χ0v) is 10.2. The highest BCUT2D eigenvalue weighted by Crippen LogP contribution is 2.21. The molecule has 0 bridgehead atoms. The van der Waals surface area contributed by atoms with E-state index in [0.29, 0.717) is 5.70 Å². The summed E-state index contributed by atoms with van der Waals surface area (Å²) in [7, 11) is 0. The van der Waals surface area contributed by atoms with E-state index in [1.807, 2.05) is 6.92 Å². The van der Waals surface area contributed by atoms with E-state index in [2.05, 4.69) is 28.8 Å². The standard InChI is InChI=1S/C13H14N4O/c1-4-6-10-11(7-5-2)17-12(8-13(18)14-10)9(3)15-16-17/h4-7H,1-2,8H2,3H3,(H,14,18)/b10-6+,11-7+. The van der Waals surface area contributed by atoms with Crippen molar-refractivity contribution in [3.63, 3.8) is 0 Å². The lowest BCUT2D eigenvalue weighted by Crippen LogP contribution is -2.22. The van der Waals surface area contributed by atoms with Crippen LogP contribution in [0, 0.1) is 6.92 Å². The fourth-order valence-electron chi connectivity index (χ4n) is 1.81. The summed E-state index contributed by atoms with van der Waals surface area (Å²) in [5.74, 6) is -0.0952. The van der Waals surface area contributed by atoms with Crippen LogP contribution in [0.5, 0.6) is 0 Å². The molecule has 0 saturated heterocycles. The Bertz CT molecular complexity index is 578. The third-order valence-corrected chi connectivity index (χ3v) is 2.62. The smallest absolute Gasteiger partial charge is 0.230 e. The first kappa shape index (κ1) is 12.0. The molecule has 0 fully saturated rings. The van der Waals surface area contributed by atoms with Gasteiger partial charge < -0.3 is 5.32 Å². The summed E-state index contributed by atoms with van der Waals surface area (Å²) in [5.41, 5.74) is 2.90. The van der Waals surface area contributed by atoms with E-state index in [1.54, 1.807) is 29.0 Å². The summed E-state index contributed by atoms with van der Waals surface area (Å²) < 4.78 is 1.66. The van der Waals surface area contributed by atoms with E-state index in [4.69, 9.17) is 0 Å². The van der Waals surface area contributed by atoms with Crippen molar-refractivity contribution < 1.29 is 4.79 Å². The molecule has 1 aromatic heterocycles. The zero-order valence-electron chi connectivity index (χ0n) is 10.2. The maximum atomic E-state index is 11.8. The van der Waals surface area contributed by atoms with E-state index in [9.17, 15) is 4.79 Å². The number of aromatic nitrogens is 3. The lowest BCUT2D eigenvalue weighted by Gasteiger charge is -2.09. The Hall–Kier alpha value is -2.43. The van der Waals surface area contributed by atoms with Crippen LogP contribution in [0.1, 0.15) is 11.4 Å². The lowest BCUT2D eigenvalue weighted by atomic mass is 10.2. The summed E-state index contributed by atoms with van der Waals surface area (Å²) in [4.78, 5) is 11.8. The van der Waals surface area contributed by atoms with Crippen molar-refractivity contribution in [2.75, 3.05) is 0 Å². The van der Waals surface area contributed by atoms with Crippen LogP contribution < -0.4 is 5.32 Å². The first-order valence-corrected chi connectivity index (χ1v) is 5.54. The van der Waals surface area contributed by atoms with Gasteiger partial charge in [-0.25, -0.2) is 4.68 Å². The average Bonchev–Trinajstić information content (AvgIpc) is 2.61. The normalized spacial score (nSPS) is 19.3. The Balaban J connectivity index is 2.66. The summed E-state index contributed by atoms with van der Waals surface area (Å²) in [6, 6.07) is 0. The zero-order chi connectivity index (χ0) is 13.1. The maximum Gasteiger partial charge on any atom is 0.230 e. The number of rotatable bonds is 2. The third-order valence-electron chi connectivity index (χ3n) is 2.62. The molecule has 0 spiro atoms. The van der Waals surface area contributed by atoms with Gasteiger partial charge in [0, 0.05) is 0 Å². The summed E-state index contributed by atoms with van der Waals surface area (Å²) in [6.45, 7) is 9.15. The number of hydrogen-bond donors (Lipinski definition) is 1. The van der Waals surface area contributed by atoms with Crippen molar-refractivity contribution in [2.24, 2.45) is 0 Å². The van der Waals surface area contributed by atoms with Crippen molar-refractivity contribution >= 4 is 11.6 Å². The van der Waals surface area contributed by atoms with Gasteiger partial charge in [0.2, 0.25) is 5.91 Å². The molecular weight excluding hydrogens is 228 g/mol.